The molecule has 0 radical (unpaired) electrons. The molecule has 1 aliphatic carbocycles. The number of thiophene rings is 1. The molecule has 256 valence electrons. The average Bonchev–Trinajstić information content (AvgIpc) is 3.28. The van der Waals surface area contributed by atoms with E-state index in [-0.39, 0.29) is 84.9 Å². The van der Waals surface area contributed by atoms with Gasteiger partial charge in [0.25, 0.3) is 0 Å². The number of nitrogen functional groups attached to an aromatic ring is 2. The molecule has 9 rings (SSSR count). The summed E-state index contributed by atoms with van der Waals surface area (Å²) in [6.45, 7) is 2.42. The maximum absolute atomic E-state index is 17.4. The number of anilines is 3. The standard InChI is InChI=1S/C35H34ClF3N6O3S/c1-2-34(8-9-34)21-15-47-29-24-28(26(39)22(25(29)36)19-4-5-20(38)30-23(19)27(40)31(41)49-30)42-33(43-32(24)45(21)18-6-11-46-14-18)48-16-35-7-3-10-44(35)13-17(37)12-35/h1,4-5,17-18,21H,3,6-16,40-41H2/t17-,18?,21?,35+/m1/s1. The molecule has 4 aliphatic heterocycles. The lowest BCUT2D eigenvalue weighted by atomic mass is 9.94. The van der Waals surface area contributed by atoms with Gasteiger partial charge in [0.2, 0.25) is 0 Å². The van der Waals surface area contributed by atoms with Crippen molar-refractivity contribution in [2.75, 3.05) is 55.9 Å². The highest BCUT2D eigenvalue weighted by Crippen LogP contribution is 2.56. The summed E-state index contributed by atoms with van der Waals surface area (Å²) >= 11 is 8.13. The van der Waals surface area contributed by atoms with Gasteiger partial charge < -0.3 is 30.6 Å². The molecule has 0 bridgehead atoms. The molecule has 9 nitrogen and oxygen atoms in total. The molecule has 0 spiro atoms. The highest BCUT2D eigenvalue weighted by Gasteiger charge is 2.55. The molecule has 14 heteroatoms. The normalized spacial score (nSPS) is 27.3. The van der Waals surface area contributed by atoms with Crippen molar-refractivity contribution in [2.45, 2.75) is 62.3 Å². The van der Waals surface area contributed by atoms with Crippen LogP contribution in [-0.4, -0.2) is 78.2 Å². The Bertz CT molecular complexity index is 2080. The van der Waals surface area contributed by atoms with E-state index in [1.165, 1.54) is 12.1 Å². The quantitative estimate of drug-likeness (QED) is 0.222. The topological polar surface area (TPSA) is 112 Å². The van der Waals surface area contributed by atoms with Crippen molar-refractivity contribution >= 4 is 60.4 Å². The zero-order valence-electron chi connectivity index (χ0n) is 26.5. The average molecular weight is 711 g/mol. The van der Waals surface area contributed by atoms with Crippen LogP contribution in [0.2, 0.25) is 5.02 Å². The molecule has 2 aromatic heterocycles. The number of aromatic nitrogens is 2. The van der Waals surface area contributed by atoms with Crippen molar-refractivity contribution in [2.24, 2.45) is 5.41 Å². The molecular formula is C35H34ClF3N6O3S. The fourth-order valence-corrected chi connectivity index (χ4v) is 9.87. The van der Waals surface area contributed by atoms with Crippen molar-refractivity contribution < 1.29 is 27.4 Å². The number of fused-ring (bicyclic) bond motifs is 2. The Morgan fingerprint density at radius 2 is 2.00 bits per heavy atom. The summed E-state index contributed by atoms with van der Waals surface area (Å²) in [7, 11) is 0. The number of hydrogen-bond donors (Lipinski definition) is 2. The number of hydrogen-bond acceptors (Lipinski definition) is 10. The van der Waals surface area contributed by atoms with Crippen LogP contribution in [0.4, 0.5) is 29.7 Å². The predicted octanol–water partition coefficient (Wildman–Crippen LogP) is 6.33. The second kappa shape index (κ2) is 11.2. The molecule has 4 fully saturated rings. The summed E-state index contributed by atoms with van der Waals surface area (Å²) in [5.74, 6) is 2.28. The second-order valence-electron chi connectivity index (χ2n) is 14.0. The lowest BCUT2D eigenvalue weighted by molar-refractivity contribution is 0.107. The number of nitrogens with two attached hydrogens (primary N) is 2. The largest absolute Gasteiger partial charge is 0.489 e. The van der Waals surface area contributed by atoms with Crippen LogP contribution in [0.5, 0.6) is 11.8 Å². The van der Waals surface area contributed by atoms with E-state index in [1.54, 1.807) is 0 Å². The van der Waals surface area contributed by atoms with E-state index >= 15 is 8.78 Å². The van der Waals surface area contributed by atoms with Gasteiger partial charge in [-0.05, 0) is 50.3 Å². The van der Waals surface area contributed by atoms with E-state index in [9.17, 15) is 4.39 Å². The Morgan fingerprint density at radius 3 is 2.76 bits per heavy atom. The predicted molar refractivity (Wildman–Crippen MR) is 184 cm³/mol. The van der Waals surface area contributed by atoms with E-state index in [2.05, 4.69) is 20.7 Å². The number of halogens is 4. The Morgan fingerprint density at radius 1 is 1.16 bits per heavy atom. The minimum atomic E-state index is -0.948. The first-order valence-electron chi connectivity index (χ1n) is 16.6. The van der Waals surface area contributed by atoms with Gasteiger partial charge >= 0.3 is 6.01 Å². The molecule has 2 aromatic carbocycles. The third-order valence-corrected chi connectivity index (χ3v) is 12.7. The Balaban J connectivity index is 1.28. The van der Waals surface area contributed by atoms with Crippen molar-refractivity contribution in [1.82, 2.24) is 14.9 Å². The summed E-state index contributed by atoms with van der Waals surface area (Å²) < 4.78 is 65.9. The van der Waals surface area contributed by atoms with Crippen molar-refractivity contribution in [3.63, 3.8) is 0 Å². The van der Waals surface area contributed by atoms with Crippen LogP contribution in [0.15, 0.2) is 12.1 Å². The smallest absolute Gasteiger partial charge is 0.319 e. The van der Waals surface area contributed by atoms with Gasteiger partial charge in [-0.2, -0.15) is 9.97 Å². The van der Waals surface area contributed by atoms with Crippen LogP contribution in [0.1, 0.15) is 38.5 Å². The zero-order valence-corrected chi connectivity index (χ0v) is 28.1. The van der Waals surface area contributed by atoms with Gasteiger partial charge in [-0.15, -0.1) is 17.8 Å². The second-order valence-corrected chi connectivity index (χ2v) is 15.4. The number of alkyl halides is 1. The van der Waals surface area contributed by atoms with Gasteiger partial charge in [0.05, 0.1) is 50.4 Å². The third-order valence-electron chi connectivity index (χ3n) is 11.3. The van der Waals surface area contributed by atoms with Crippen LogP contribution < -0.4 is 25.8 Å². The van der Waals surface area contributed by atoms with Gasteiger partial charge in [-0.25, -0.2) is 13.2 Å². The van der Waals surface area contributed by atoms with Gasteiger partial charge in [0.1, 0.15) is 41.5 Å². The van der Waals surface area contributed by atoms with Crippen molar-refractivity contribution in [1.29, 1.82) is 0 Å². The molecule has 5 aliphatic rings. The first-order chi connectivity index (χ1) is 23.6. The minimum Gasteiger partial charge on any atom is -0.489 e. The Hall–Kier alpha value is -3.70. The molecule has 4 aromatic rings. The fourth-order valence-electron chi connectivity index (χ4n) is 8.62. The highest BCUT2D eigenvalue weighted by molar-refractivity contribution is 7.23. The van der Waals surface area contributed by atoms with E-state index in [1.807, 2.05) is 0 Å². The maximum atomic E-state index is 17.4. The fraction of sp³-hybridized carbons (Fsp3) is 0.486. The van der Waals surface area contributed by atoms with Crippen LogP contribution in [-0.2, 0) is 4.74 Å². The Labute approximate surface area is 289 Å². The van der Waals surface area contributed by atoms with Crippen LogP contribution in [0.3, 0.4) is 0 Å². The molecule has 6 heterocycles. The zero-order chi connectivity index (χ0) is 33.8. The van der Waals surface area contributed by atoms with Crippen molar-refractivity contribution in [3.05, 3.63) is 28.8 Å². The minimum absolute atomic E-state index is 0.0325. The Kier molecular flexibility index (Phi) is 7.12. The van der Waals surface area contributed by atoms with Gasteiger partial charge in [-0.3, -0.25) is 4.90 Å². The number of ether oxygens (including phenoxy) is 3. The number of terminal acetylenes is 1. The van der Waals surface area contributed by atoms with Crippen LogP contribution in [0.25, 0.3) is 32.1 Å². The molecule has 49 heavy (non-hydrogen) atoms. The number of benzene rings is 2. The van der Waals surface area contributed by atoms with Crippen LogP contribution in [0, 0.1) is 29.4 Å². The SMILES string of the molecule is C#CC1(C2COc3c(Cl)c(-c4ccc(F)c5sc(N)c(N)c45)c(F)c4nc(OC[C@@]56CCCN5C[C@H](F)C6)nc(c34)N2C2CCOC2)CC1. The molecular weight excluding hydrogens is 677 g/mol. The van der Waals surface area contributed by atoms with Gasteiger partial charge in [-0.1, -0.05) is 23.6 Å². The maximum Gasteiger partial charge on any atom is 0.319 e. The molecule has 2 unspecified atom stereocenters. The van der Waals surface area contributed by atoms with Crippen molar-refractivity contribution in [3.8, 4) is 35.2 Å². The third kappa shape index (κ3) is 4.60. The van der Waals surface area contributed by atoms with E-state index in [0.29, 0.717) is 38.4 Å². The van der Waals surface area contributed by atoms with E-state index in [0.717, 1.165) is 43.6 Å². The molecule has 4 N–H and O–H groups in total. The van der Waals surface area contributed by atoms with Gasteiger partial charge in [0.15, 0.2) is 11.6 Å². The first kappa shape index (κ1) is 31.3. The molecule has 0 amide bonds. The van der Waals surface area contributed by atoms with Crippen LogP contribution >= 0.6 is 22.9 Å². The lowest BCUT2D eigenvalue weighted by Gasteiger charge is -2.38. The monoisotopic (exact) mass is 710 g/mol. The summed E-state index contributed by atoms with van der Waals surface area (Å²) in [4.78, 5) is 13.9. The number of rotatable bonds is 6. The number of nitrogens with zero attached hydrogens (tertiary/aromatic N) is 4. The summed E-state index contributed by atoms with van der Waals surface area (Å²) in [5.41, 5.74) is 11.7. The molecule has 3 saturated heterocycles. The summed E-state index contributed by atoms with van der Waals surface area (Å²) in [6.07, 6.45) is 9.56. The summed E-state index contributed by atoms with van der Waals surface area (Å²) in [6, 6.07) is 2.15. The van der Waals surface area contributed by atoms with E-state index in [4.69, 9.17) is 48.7 Å². The lowest BCUT2D eigenvalue weighted by Crippen LogP contribution is -2.51. The summed E-state index contributed by atoms with van der Waals surface area (Å²) in [5, 5.41) is 0.707. The van der Waals surface area contributed by atoms with E-state index < -0.39 is 28.8 Å². The molecule has 4 atom stereocenters. The first-order valence-corrected chi connectivity index (χ1v) is 17.8. The highest BCUT2D eigenvalue weighted by atomic mass is 35.5. The van der Waals surface area contributed by atoms with Gasteiger partial charge in [0, 0.05) is 30.5 Å². The molecule has 1 saturated carbocycles.